The van der Waals surface area contributed by atoms with Crippen molar-refractivity contribution in [2.75, 3.05) is 6.54 Å². The van der Waals surface area contributed by atoms with Crippen LogP contribution in [-0.4, -0.2) is 11.5 Å². The van der Waals surface area contributed by atoms with Gasteiger partial charge in [0.1, 0.15) is 0 Å². The third kappa shape index (κ3) is 4.00. The van der Waals surface area contributed by atoms with Crippen LogP contribution in [0.2, 0.25) is 0 Å². The first-order chi connectivity index (χ1) is 9.22. The fourth-order valence-electron chi connectivity index (χ4n) is 2.09. The molecular formula is C15H19IN2S. The van der Waals surface area contributed by atoms with Crippen LogP contribution in [0.4, 0.5) is 0 Å². The highest BCUT2D eigenvalue weighted by molar-refractivity contribution is 14.1. The van der Waals surface area contributed by atoms with Gasteiger partial charge < -0.3 is 5.32 Å². The van der Waals surface area contributed by atoms with Crippen molar-refractivity contribution >= 4 is 33.9 Å². The van der Waals surface area contributed by atoms with Gasteiger partial charge >= 0.3 is 0 Å². The number of halogens is 1. The monoisotopic (exact) mass is 386 g/mol. The quantitative estimate of drug-likeness (QED) is 0.748. The Morgan fingerprint density at radius 2 is 2.26 bits per heavy atom. The van der Waals surface area contributed by atoms with Crippen LogP contribution in [-0.2, 0) is 6.42 Å². The van der Waals surface area contributed by atoms with E-state index in [9.17, 15) is 0 Å². The first-order valence-corrected chi connectivity index (χ1v) is 8.54. The number of rotatable bonds is 6. The SMILES string of the molecule is CCCNC(Cc1cncs1)c1cccc(C)c1I. The minimum absolute atomic E-state index is 0.382. The molecule has 2 rings (SSSR count). The summed E-state index contributed by atoms with van der Waals surface area (Å²) in [5, 5.41) is 3.67. The molecule has 2 aromatic rings. The number of nitrogens with one attached hydrogen (secondary N) is 1. The first-order valence-electron chi connectivity index (χ1n) is 6.58. The first kappa shape index (κ1) is 14.9. The number of nitrogens with zero attached hydrogens (tertiary/aromatic N) is 1. The molecule has 0 fully saturated rings. The van der Waals surface area contributed by atoms with Crippen LogP contribution in [0.1, 0.15) is 35.4 Å². The van der Waals surface area contributed by atoms with Crippen molar-refractivity contribution in [1.82, 2.24) is 10.3 Å². The summed E-state index contributed by atoms with van der Waals surface area (Å²) in [7, 11) is 0. The van der Waals surface area contributed by atoms with E-state index in [0.29, 0.717) is 6.04 Å². The number of thiazole rings is 1. The van der Waals surface area contributed by atoms with Crippen LogP contribution >= 0.6 is 33.9 Å². The summed E-state index contributed by atoms with van der Waals surface area (Å²) in [5.41, 5.74) is 4.67. The number of benzene rings is 1. The molecule has 1 aromatic carbocycles. The van der Waals surface area contributed by atoms with E-state index in [2.05, 4.69) is 64.9 Å². The molecule has 0 radical (unpaired) electrons. The van der Waals surface area contributed by atoms with Crippen molar-refractivity contribution in [2.24, 2.45) is 0 Å². The Balaban J connectivity index is 2.23. The standard InChI is InChI=1S/C15H19IN2S/c1-3-7-18-14(8-12-9-17-10-19-12)13-6-4-5-11(2)15(13)16/h4-6,9-10,14,18H,3,7-8H2,1-2H3. The van der Waals surface area contributed by atoms with E-state index in [1.165, 1.54) is 19.6 Å². The highest BCUT2D eigenvalue weighted by Gasteiger charge is 2.16. The van der Waals surface area contributed by atoms with Crippen molar-refractivity contribution in [1.29, 1.82) is 0 Å². The van der Waals surface area contributed by atoms with Crippen molar-refractivity contribution in [2.45, 2.75) is 32.7 Å². The Morgan fingerprint density at radius 3 is 2.95 bits per heavy atom. The lowest BCUT2D eigenvalue weighted by Gasteiger charge is -2.20. The van der Waals surface area contributed by atoms with Gasteiger partial charge in [-0.25, -0.2) is 0 Å². The van der Waals surface area contributed by atoms with Gasteiger partial charge in [-0.3, -0.25) is 4.98 Å². The number of aromatic nitrogens is 1. The van der Waals surface area contributed by atoms with E-state index in [0.717, 1.165) is 19.4 Å². The fourth-order valence-corrected chi connectivity index (χ4v) is 3.47. The molecule has 0 spiro atoms. The molecular weight excluding hydrogens is 367 g/mol. The lowest BCUT2D eigenvalue weighted by molar-refractivity contribution is 0.530. The second-order valence-corrected chi connectivity index (χ2v) is 6.71. The van der Waals surface area contributed by atoms with E-state index in [1.807, 2.05) is 11.7 Å². The molecule has 4 heteroatoms. The zero-order valence-electron chi connectivity index (χ0n) is 11.3. The molecule has 0 saturated carbocycles. The van der Waals surface area contributed by atoms with Gasteiger partial charge in [-0.2, -0.15) is 0 Å². The third-order valence-corrected chi connectivity index (χ3v) is 5.40. The molecule has 19 heavy (non-hydrogen) atoms. The predicted octanol–water partition coefficient (Wildman–Crippen LogP) is 4.34. The summed E-state index contributed by atoms with van der Waals surface area (Å²) in [6.07, 6.45) is 4.15. The summed E-state index contributed by atoms with van der Waals surface area (Å²) < 4.78 is 1.37. The Morgan fingerprint density at radius 1 is 1.42 bits per heavy atom. The van der Waals surface area contributed by atoms with Crippen molar-refractivity contribution in [3.63, 3.8) is 0 Å². The zero-order chi connectivity index (χ0) is 13.7. The summed E-state index contributed by atoms with van der Waals surface area (Å²) in [6.45, 7) is 5.43. The molecule has 1 N–H and O–H groups in total. The number of aryl methyl sites for hydroxylation is 1. The second-order valence-electron chi connectivity index (χ2n) is 4.66. The number of hydrogen-bond donors (Lipinski definition) is 1. The molecule has 1 heterocycles. The highest BCUT2D eigenvalue weighted by Crippen LogP contribution is 2.26. The minimum Gasteiger partial charge on any atom is -0.310 e. The summed E-state index contributed by atoms with van der Waals surface area (Å²) in [6, 6.07) is 6.95. The predicted molar refractivity (Wildman–Crippen MR) is 90.7 cm³/mol. The van der Waals surface area contributed by atoms with Crippen LogP contribution in [0.3, 0.4) is 0 Å². The average Bonchev–Trinajstić information content (AvgIpc) is 2.91. The fraction of sp³-hybridized carbons (Fsp3) is 0.400. The van der Waals surface area contributed by atoms with E-state index < -0.39 is 0 Å². The van der Waals surface area contributed by atoms with E-state index >= 15 is 0 Å². The zero-order valence-corrected chi connectivity index (χ0v) is 14.3. The highest BCUT2D eigenvalue weighted by atomic mass is 127. The average molecular weight is 386 g/mol. The summed E-state index contributed by atoms with van der Waals surface area (Å²) in [4.78, 5) is 5.52. The topological polar surface area (TPSA) is 24.9 Å². The smallest absolute Gasteiger partial charge is 0.0794 e. The van der Waals surface area contributed by atoms with Gasteiger partial charge in [-0.15, -0.1) is 11.3 Å². The van der Waals surface area contributed by atoms with Crippen LogP contribution < -0.4 is 5.32 Å². The maximum Gasteiger partial charge on any atom is 0.0794 e. The molecule has 0 aliphatic carbocycles. The van der Waals surface area contributed by atoms with Gasteiger partial charge in [0.05, 0.1) is 5.51 Å². The minimum atomic E-state index is 0.382. The van der Waals surface area contributed by atoms with E-state index in [1.54, 1.807) is 11.3 Å². The third-order valence-electron chi connectivity index (χ3n) is 3.13. The number of hydrogen-bond acceptors (Lipinski definition) is 3. The molecule has 1 aromatic heterocycles. The van der Waals surface area contributed by atoms with Crippen LogP contribution in [0, 0.1) is 10.5 Å². The van der Waals surface area contributed by atoms with Gasteiger partial charge in [-0.1, -0.05) is 25.1 Å². The molecule has 0 aliphatic rings. The van der Waals surface area contributed by atoms with Gasteiger partial charge in [-0.05, 0) is 53.6 Å². The van der Waals surface area contributed by atoms with Gasteiger partial charge in [0.15, 0.2) is 0 Å². The molecule has 102 valence electrons. The maximum absolute atomic E-state index is 4.18. The van der Waals surface area contributed by atoms with Crippen molar-refractivity contribution in [3.05, 3.63) is 49.5 Å². The van der Waals surface area contributed by atoms with Gasteiger partial charge in [0, 0.05) is 27.1 Å². The molecule has 0 aliphatic heterocycles. The van der Waals surface area contributed by atoms with E-state index in [4.69, 9.17) is 0 Å². The molecule has 0 amide bonds. The summed E-state index contributed by atoms with van der Waals surface area (Å²) >= 11 is 4.20. The lowest BCUT2D eigenvalue weighted by atomic mass is 10.0. The molecule has 1 atom stereocenters. The Labute approximate surface area is 132 Å². The van der Waals surface area contributed by atoms with Crippen LogP contribution in [0.5, 0.6) is 0 Å². The van der Waals surface area contributed by atoms with Gasteiger partial charge in [0.2, 0.25) is 0 Å². The van der Waals surface area contributed by atoms with Crippen LogP contribution in [0.15, 0.2) is 29.9 Å². The molecule has 1 unspecified atom stereocenters. The Kier molecular flexibility index (Phi) is 5.78. The normalized spacial score (nSPS) is 12.6. The molecule has 2 nitrogen and oxygen atoms in total. The van der Waals surface area contributed by atoms with Crippen LogP contribution in [0.25, 0.3) is 0 Å². The Hall–Kier alpha value is -0.460. The second kappa shape index (κ2) is 7.36. The molecule has 0 bridgehead atoms. The molecule has 0 saturated heterocycles. The lowest BCUT2D eigenvalue weighted by Crippen LogP contribution is -2.24. The maximum atomic E-state index is 4.18. The Bertz CT molecular complexity index is 511. The van der Waals surface area contributed by atoms with Crippen molar-refractivity contribution in [3.8, 4) is 0 Å². The summed E-state index contributed by atoms with van der Waals surface area (Å²) in [5.74, 6) is 0. The van der Waals surface area contributed by atoms with Gasteiger partial charge in [0.25, 0.3) is 0 Å². The van der Waals surface area contributed by atoms with Crippen molar-refractivity contribution < 1.29 is 0 Å². The van der Waals surface area contributed by atoms with E-state index in [-0.39, 0.29) is 0 Å². The largest absolute Gasteiger partial charge is 0.310 e.